The fourth-order valence-electron chi connectivity index (χ4n) is 3.54. The first-order valence-corrected chi connectivity index (χ1v) is 11.6. The average molecular weight is 519 g/mol. The second kappa shape index (κ2) is 13.8. The first-order valence-electron chi connectivity index (χ1n) is 11.6. The van der Waals surface area contributed by atoms with E-state index in [-0.39, 0.29) is 25.3 Å². The molecule has 1 heterocycles. The van der Waals surface area contributed by atoms with Crippen molar-refractivity contribution >= 4 is 40.6 Å². The Morgan fingerprint density at radius 1 is 1.00 bits per heavy atom. The Bertz CT molecular complexity index is 1130. The number of aromatic nitrogens is 1. The third kappa shape index (κ3) is 8.77. The molecule has 4 unspecified atom stereocenters. The summed E-state index contributed by atoms with van der Waals surface area (Å²) in [6.07, 6.45) is 2.15. The van der Waals surface area contributed by atoms with Gasteiger partial charge in [0.25, 0.3) is 0 Å². The molecular formula is C23H34N8O6. The van der Waals surface area contributed by atoms with Crippen LogP contribution in [0.2, 0.25) is 0 Å². The highest BCUT2D eigenvalue weighted by Crippen LogP contribution is 2.19. The summed E-state index contributed by atoms with van der Waals surface area (Å²) < 4.78 is 0. The van der Waals surface area contributed by atoms with Crippen LogP contribution in [0, 0.1) is 0 Å². The molecule has 0 saturated heterocycles. The van der Waals surface area contributed by atoms with E-state index in [2.05, 4.69) is 25.9 Å². The van der Waals surface area contributed by atoms with Gasteiger partial charge in [-0.1, -0.05) is 18.2 Å². The van der Waals surface area contributed by atoms with Gasteiger partial charge in [-0.2, -0.15) is 0 Å². The van der Waals surface area contributed by atoms with E-state index in [0.29, 0.717) is 12.0 Å². The molecule has 3 amide bonds. The van der Waals surface area contributed by atoms with Crippen molar-refractivity contribution in [2.45, 2.75) is 50.4 Å². The summed E-state index contributed by atoms with van der Waals surface area (Å²) in [4.78, 5) is 56.7. The topological polar surface area (TPSA) is 251 Å². The van der Waals surface area contributed by atoms with E-state index in [4.69, 9.17) is 17.2 Å². The smallest absolute Gasteiger partial charge is 0.328 e. The fourth-order valence-corrected chi connectivity index (χ4v) is 3.54. The average Bonchev–Trinajstić information content (AvgIpc) is 3.25. The number of nitrogens with two attached hydrogens (primary N) is 3. The standard InChI is InChI=1S/C23H34N8O6/c1-12(24)19(33)29-16(7-4-8-27-23(25)26)20(34)30-17(21(35)31-18(11-32)22(36)37)9-13-10-28-15-6-3-2-5-14(13)15/h2-3,5-6,10,12,16-18,28,32H,4,7-9,11,24H2,1H3,(H,29,33)(H,30,34)(H,31,35)(H,36,37)(H4,25,26,27). The first-order chi connectivity index (χ1) is 17.5. The number of fused-ring (bicyclic) bond motifs is 1. The molecule has 0 radical (unpaired) electrons. The zero-order chi connectivity index (χ0) is 27.5. The van der Waals surface area contributed by atoms with Gasteiger partial charge in [0.1, 0.15) is 18.1 Å². The molecule has 1 aromatic carbocycles. The van der Waals surface area contributed by atoms with Crippen LogP contribution in [0.1, 0.15) is 25.3 Å². The summed E-state index contributed by atoms with van der Waals surface area (Å²) in [6, 6.07) is 2.57. The second-order valence-corrected chi connectivity index (χ2v) is 8.51. The van der Waals surface area contributed by atoms with Gasteiger partial charge in [0.2, 0.25) is 17.7 Å². The lowest BCUT2D eigenvalue weighted by atomic mass is 10.0. The second-order valence-electron chi connectivity index (χ2n) is 8.51. The van der Waals surface area contributed by atoms with Crippen molar-refractivity contribution in [1.82, 2.24) is 20.9 Å². The Morgan fingerprint density at radius 2 is 1.62 bits per heavy atom. The molecule has 4 atom stereocenters. The summed E-state index contributed by atoms with van der Waals surface area (Å²) in [5.74, 6) is -3.64. The van der Waals surface area contributed by atoms with Gasteiger partial charge in [-0.05, 0) is 31.4 Å². The number of aliphatic carboxylic acids is 1. The summed E-state index contributed by atoms with van der Waals surface area (Å²) in [6.45, 7) is 0.820. The molecule has 12 N–H and O–H groups in total. The minimum atomic E-state index is -1.57. The number of carbonyl (C=O) groups is 4. The monoisotopic (exact) mass is 518 g/mol. The number of nitrogens with one attached hydrogen (secondary N) is 4. The van der Waals surface area contributed by atoms with E-state index in [0.717, 1.165) is 10.9 Å². The Kier molecular flexibility index (Phi) is 10.8. The van der Waals surface area contributed by atoms with Gasteiger partial charge in [0.05, 0.1) is 12.6 Å². The van der Waals surface area contributed by atoms with Crippen LogP contribution >= 0.6 is 0 Å². The molecule has 1 aromatic heterocycles. The molecule has 0 aliphatic heterocycles. The number of carboxylic acid groups (broad SMARTS) is 1. The van der Waals surface area contributed by atoms with Gasteiger partial charge < -0.3 is 48.3 Å². The number of amides is 3. The van der Waals surface area contributed by atoms with Crippen LogP contribution in [0.15, 0.2) is 35.5 Å². The van der Waals surface area contributed by atoms with E-state index in [1.807, 2.05) is 24.3 Å². The lowest BCUT2D eigenvalue weighted by molar-refractivity contribution is -0.143. The Balaban J connectivity index is 2.28. The number of nitrogens with zero attached hydrogens (tertiary/aromatic N) is 1. The van der Waals surface area contributed by atoms with Crippen LogP contribution in [-0.4, -0.2) is 82.2 Å². The molecule has 14 heteroatoms. The maximum Gasteiger partial charge on any atom is 0.328 e. The maximum absolute atomic E-state index is 13.2. The predicted molar refractivity (Wildman–Crippen MR) is 136 cm³/mol. The van der Waals surface area contributed by atoms with Crippen molar-refractivity contribution in [3.63, 3.8) is 0 Å². The maximum atomic E-state index is 13.2. The third-order valence-corrected chi connectivity index (χ3v) is 5.52. The number of guanidine groups is 1. The quantitative estimate of drug-likeness (QED) is 0.0735. The molecule has 0 fully saturated rings. The number of benzene rings is 1. The molecule has 14 nitrogen and oxygen atoms in total. The van der Waals surface area contributed by atoms with Crippen LogP contribution < -0.4 is 33.2 Å². The molecule has 2 aromatic rings. The van der Waals surface area contributed by atoms with Gasteiger partial charge in [-0.15, -0.1) is 0 Å². The van der Waals surface area contributed by atoms with Gasteiger partial charge in [-0.25, -0.2) is 4.79 Å². The van der Waals surface area contributed by atoms with Crippen molar-refractivity contribution in [2.75, 3.05) is 13.2 Å². The lowest BCUT2D eigenvalue weighted by Gasteiger charge is -2.24. The SMILES string of the molecule is CC(N)C(=O)NC(CCCN=C(N)N)C(=O)NC(Cc1c[nH]c2ccccc12)C(=O)NC(CO)C(=O)O. The van der Waals surface area contributed by atoms with E-state index in [9.17, 15) is 29.4 Å². The minimum absolute atomic E-state index is 0.00130. The van der Waals surface area contributed by atoms with Crippen molar-refractivity contribution in [3.8, 4) is 0 Å². The number of para-hydroxylation sites is 1. The number of hydrogen-bond donors (Lipinski definition) is 9. The van der Waals surface area contributed by atoms with Gasteiger partial charge >= 0.3 is 5.97 Å². The summed E-state index contributed by atoms with van der Waals surface area (Å²) in [5.41, 5.74) is 17.8. The van der Waals surface area contributed by atoms with Crippen LogP contribution in [0.5, 0.6) is 0 Å². The summed E-state index contributed by atoms with van der Waals surface area (Å²) in [5, 5.41) is 26.7. The van der Waals surface area contributed by atoms with Crippen molar-refractivity contribution in [3.05, 3.63) is 36.0 Å². The van der Waals surface area contributed by atoms with E-state index >= 15 is 0 Å². The zero-order valence-corrected chi connectivity index (χ0v) is 20.4. The summed E-state index contributed by atoms with van der Waals surface area (Å²) >= 11 is 0. The normalized spacial score (nSPS) is 14.1. The summed E-state index contributed by atoms with van der Waals surface area (Å²) in [7, 11) is 0. The molecule has 0 aliphatic carbocycles. The van der Waals surface area contributed by atoms with E-state index in [1.165, 1.54) is 6.92 Å². The highest BCUT2D eigenvalue weighted by atomic mass is 16.4. The number of carboxylic acids is 1. The number of rotatable bonds is 14. The number of aliphatic hydroxyl groups is 1. The van der Waals surface area contributed by atoms with Crippen molar-refractivity contribution < 1.29 is 29.4 Å². The number of H-pyrrole nitrogens is 1. The van der Waals surface area contributed by atoms with Gasteiger partial charge in [0, 0.05) is 30.1 Å². The molecular weight excluding hydrogens is 484 g/mol. The highest BCUT2D eigenvalue weighted by molar-refractivity contribution is 5.94. The number of hydrogen-bond acceptors (Lipinski definition) is 7. The Hall–Kier alpha value is -4.17. The molecule has 37 heavy (non-hydrogen) atoms. The van der Waals surface area contributed by atoms with Crippen molar-refractivity contribution in [1.29, 1.82) is 0 Å². The molecule has 0 saturated carbocycles. The predicted octanol–water partition coefficient (Wildman–Crippen LogP) is -2.36. The highest BCUT2D eigenvalue weighted by Gasteiger charge is 2.30. The van der Waals surface area contributed by atoms with Crippen LogP contribution in [0.25, 0.3) is 10.9 Å². The van der Waals surface area contributed by atoms with E-state index in [1.54, 1.807) is 6.20 Å². The van der Waals surface area contributed by atoms with Crippen LogP contribution in [0.4, 0.5) is 0 Å². The lowest BCUT2D eigenvalue weighted by Crippen LogP contribution is -2.57. The van der Waals surface area contributed by atoms with Gasteiger partial charge in [-0.3, -0.25) is 19.4 Å². The molecule has 0 spiro atoms. The Labute approximate surface area is 213 Å². The van der Waals surface area contributed by atoms with Crippen molar-refractivity contribution in [2.24, 2.45) is 22.2 Å². The number of aliphatic imine (C=N–C) groups is 1. The molecule has 2 rings (SSSR count). The molecule has 0 aliphatic rings. The first kappa shape index (κ1) is 29.1. The number of aromatic amines is 1. The number of aliphatic hydroxyl groups excluding tert-OH is 1. The zero-order valence-electron chi connectivity index (χ0n) is 20.4. The third-order valence-electron chi connectivity index (χ3n) is 5.52. The largest absolute Gasteiger partial charge is 0.480 e. The van der Waals surface area contributed by atoms with E-state index < -0.39 is 54.5 Å². The molecule has 202 valence electrons. The number of carbonyl (C=O) groups excluding carboxylic acids is 3. The molecule has 0 bridgehead atoms. The van der Waals surface area contributed by atoms with Crippen LogP contribution in [0.3, 0.4) is 0 Å². The minimum Gasteiger partial charge on any atom is -0.480 e. The Morgan fingerprint density at radius 3 is 2.24 bits per heavy atom. The fraction of sp³-hybridized carbons (Fsp3) is 0.435. The van der Waals surface area contributed by atoms with Crippen LogP contribution in [-0.2, 0) is 25.6 Å². The van der Waals surface area contributed by atoms with Gasteiger partial charge in [0.15, 0.2) is 5.96 Å².